The van der Waals surface area contributed by atoms with E-state index in [9.17, 15) is 49.6 Å². The molecule has 0 radical (unpaired) electrons. The Morgan fingerprint density at radius 2 is 1.66 bits per heavy atom. The fourth-order valence-corrected chi connectivity index (χ4v) is 4.72. The molecule has 0 aromatic carbocycles. The van der Waals surface area contributed by atoms with E-state index in [-0.39, 0.29) is 16.9 Å². The van der Waals surface area contributed by atoms with Gasteiger partial charge in [-0.15, -0.1) is 11.3 Å². The molecule has 1 aliphatic rings. The Balaban J connectivity index is 2.38. The van der Waals surface area contributed by atoms with Crippen molar-refractivity contribution in [1.29, 1.82) is 5.26 Å². The molecule has 1 atom stereocenters. The third-order valence-corrected chi connectivity index (χ3v) is 7.22. The first-order valence-electron chi connectivity index (χ1n) is 9.41. The minimum atomic E-state index is -7.17. The van der Waals surface area contributed by atoms with Crippen LogP contribution in [0.25, 0.3) is 0 Å². The molecule has 2 rings (SSSR count). The van der Waals surface area contributed by atoms with E-state index >= 15 is 0 Å². The van der Waals surface area contributed by atoms with Crippen molar-refractivity contribution in [3.8, 4) is 6.07 Å². The number of carbonyl (C=O) groups excluding carboxylic acids is 1. The van der Waals surface area contributed by atoms with Gasteiger partial charge in [-0.25, -0.2) is 0 Å². The summed E-state index contributed by atoms with van der Waals surface area (Å²) in [5, 5.41) is 10.0. The van der Waals surface area contributed by atoms with Gasteiger partial charge >= 0.3 is 29.9 Å². The van der Waals surface area contributed by atoms with Gasteiger partial charge in [0, 0.05) is 4.88 Å². The topological polar surface area (TPSA) is 52.9 Å². The zero-order chi connectivity index (χ0) is 24.9. The number of hydrogen-bond donors (Lipinski definition) is 1. The molecule has 13 heteroatoms. The van der Waals surface area contributed by atoms with Crippen molar-refractivity contribution in [3.63, 3.8) is 0 Å². The lowest BCUT2D eigenvalue weighted by Crippen LogP contribution is -2.64. The van der Waals surface area contributed by atoms with Crippen molar-refractivity contribution in [2.75, 3.05) is 5.32 Å². The van der Waals surface area contributed by atoms with Crippen LogP contribution in [0.1, 0.15) is 49.6 Å². The van der Waals surface area contributed by atoms with Crippen molar-refractivity contribution in [2.24, 2.45) is 11.3 Å². The van der Waals surface area contributed by atoms with Crippen molar-refractivity contribution < 1.29 is 44.3 Å². The van der Waals surface area contributed by atoms with Gasteiger partial charge in [0.05, 0.1) is 5.56 Å². The summed E-state index contributed by atoms with van der Waals surface area (Å²) >= 11 is 0.643. The molecule has 3 nitrogen and oxygen atoms in total. The van der Waals surface area contributed by atoms with Crippen LogP contribution >= 0.6 is 11.3 Å². The van der Waals surface area contributed by atoms with E-state index in [2.05, 4.69) is 0 Å². The Labute approximate surface area is 181 Å². The highest BCUT2D eigenvalue weighted by molar-refractivity contribution is 7.16. The first-order valence-corrected chi connectivity index (χ1v) is 10.2. The monoisotopic (exact) mass is 494 g/mol. The zero-order valence-electron chi connectivity index (χ0n) is 17.1. The summed E-state index contributed by atoms with van der Waals surface area (Å²) in [5.41, 5.74) is -0.00431. The molecule has 0 fully saturated rings. The van der Waals surface area contributed by atoms with Crippen LogP contribution in [-0.4, -0.2) is 29.9 Å². The van der Waals surface area contributed by atoms with Gasteiger partial charge in [0.2, 0.25) is 0 Å². The van der Waals surface area contributed by atoms with Gasteiger partial charge in [-0.2, -0.15) is 44.8 Å². The summed E-state index contributed by atoms with van der Waals surface area (Å²) in [6.07, 6.45) is -4.86. The van der Waals surface area contributed by atoms with Gasteiger partial charge in [0.1, 0.15) is 11.1 Å². The second-order valence-corrected chi connectivity index (χ2v) is 9.38. The summed E-state index contributed by atoms with van der Waals surface area (Å²) in [4.78, 5) is 12.3. The van der Waals surface area contributed by atoms with E-state index < -0.39 is 34.9 Å². The molecule has 180 valence electrons. The van der Waals surface area contributed by atoms with Gasteiger partial charge < -0.3 is 5.32 Å². The minimum absolute atomic E-state index is 0.115. The number of fused-ring (bicyclic) bond motifs is 1. The van der Waals surface area contributed by atoms with E-state index in [4.69, 9.17) is 0 Å². The highest BCUT2D eigenvalue weighted by Gasteiger charge is 2.83. The smallest absolute Gasteiger partial charge is 0.311 e. The molecule has 1 aromatic rings. The van der Waals surface area contributed by atoms with Crippen LogP contribution in [0.3, 0.4) is 0 Å². The van der Waals surface area contributed by atoms with Gasteiger partial charge in [-0.05, 0) is 36.2 Å². The van der Waals surface area contributed by atoms with Gasteiger partial charge in [0.15, 0.2) is 0 Å². The number of alkyl halides is 9. The molecule has 1 aliphatic carbocycles. The molecule has 1 unspecified atom stereocenters. The number of nitrogens with zero attached hydrogens (tertiary/aromatic N) is 1. The summed E-state index contributed by atoms with van der Waals surface area (Å²) in [6, 6.07) is 1.66. The standard InChI is InChI=1S/C19H19F9N2OS/c1-4-15(2,3)9-5-6-10-11(8-29)13(32-12(10)7-9)30-14(31)16(20,21)17(22,23)18(24,25)19(26,27)28/h9H,4-7H2,1-3H3,(H,30,31). The molecule has 0 saturated heterocycles. The second kappa shape index (κ2) is 8.11. The summed E-state index contributed by atoms with van der Waals surface area (Å²) in [6.45, 7) is 5.98. The number of carbonyl (C=O) groups is 1. The molecule has 32 heavy (non-hydrogen) atoms. The van der Waals surface area contributed by atoms with Crippen LogP contribution < -0.4 is 5.32 Å². The maximum atomic E-state index is 13.9. The van der Waals surface area contributed by atoms with E-state index in [1.165, 1.54) is 5.32 Å². The number of anilines is 1. The van der Waals surface area contributed by atoms with Crippen molar-refractivity contribution in [1.82, 2.24) is 0 Å². The van der Waals surface area contributed by atoms with Crippen LogP contribution in [0.2, 0.25) is 0 Å². The molecule has 0 bridgehead atoms. The van der Waals surface area contributed by atoms with E-state index in [0.717, 1.165) is 6.42 Å². The largest absolute Gasteiger partial charge is 0.460 e. The Kier molecular flexibility index (Phi) is 6.66. The predicted octanol–water partition coefficient (Wildman–Crippen LogP) is 6.57. The maximum absolute atomic E-state index is 13.9. The molecule has 0 aliphatic heterocycles. The number of hydrogen-bond acceptors (Lipinski definition) is 3. The Morgan fingerprint density at radius 3 is 2.12 bits per heavy atom. The second-order valence-electron chi connectivity index (χ2n) is 8.28. The van der Waals surface area contributed by atoms with Gasteiger partial charge in [0.25, 0.3) is 0 Å². The fraction of sp³-hybridized carbons (Fsp3) is 0.684. The third-order valence-electron chi connectivity index (χ3n) is 6.05. The number of halogens is 9. The number of nitrogens with one attached hydrogen (secondary N) is 1. The molecule has 1 heterocycles. The molecular weight excluding hydrogens is 475 g/mol. The number of rotatable bonds is 6. The quantitative estimate of drug-likeness (QED) is 0.455. The van der Waals surface area contributed by atoms with Crippen LogP contribution in [0.5, 0.6) is 0 Å². The van der Waals surface area contributed by atoms with Crippen LogP contribution in [0, 0.1) is 22.7 Å². The lowest BCUT2D eigenvalue weighted by atomic mass is 9.69. The SMILES string of the molecule is CCC(C)(C)C1CCc2c(sc(NC(=O)C(F)(F)C(F)(F)C(F)(F)C(F)(F)F)c2C#N)C1. The number of thiophene rings is 1. The molecular formula is C19H19F9N2OS. The Morgan fingerprint density at radius 1 is 1.09 bits per heavy atom. The normalized spacial score (nSPS) is 18.2. The molecule has 1 N–H and O–H groups in total. The fourth-order valence-electron chi connectivity index (χ4n) is 3.45. The molecule has 1 amide bonds. The summed E-state index contributed by atoms with van der Waals surface area (Å²) in [5.74, 6) is -23.6. The van der Waals surface area contributed by atoms with E-state index in [1.807, 2.05) is 20.8 Å². The lowest BCUT2D eigenvalue weighted by Gasteiger charge is -2.36. The average molecular weight is 494 g/mol. The van der Waals surface area contributed by atoms with E-state index in [0.29, 0.717) is 41.0 Å². The van der Waals surface area contributed by atoms with Gasteiger partial charge in [-0.3, -0.25) is 4.79 Å². The highest BCUT2D eigenvalue weighted by Crippen LogP contribution is 2.53. The lowest BCUT2D eigenvalue weighted by molar-refractivity contribution is -0.388. The van der Waals surface area contributed by atoms with Crippen molar-refractivity contribution >= 4 is 22.2 Å². The van der Waals surface area contributed by atoms with Gasteiger partial charge in [-0.1, -0.05) is 27.2 Å². The molecule has 1 aromatic heterocycles. The maximum Gasteiger partial charge on any atom is 0.460 e. The summed E-state index contributed by atoms with van der Waals surface area (Å²) < 4.78 is 118. The van der Waals surface area contributed by atoms with Crippen LogP contribution in [-0.2, 0) is 17.6 Å². The van der Waals surface area contributed by atoms with Crippen molar-refractivity contribution in [3.05, 3.63) is 16.0 Å². The highest BCUT2D eigenvalue weighted by atomic mass is 32.1. The van der Waals surface area contributed by atoms with Crippen molar-refractivity contribution in [2.45, 2.75) is 70.4 Å². The number of amides is 1. The molecule has 0 saturated carbocycles. The third kappa shape index (κ3) is 4.06. The van der Waals surface area contributed by atoms with Crippen LogP contribution in [0.4, 0.5) is 44.5 Å². The van der Waals surface area contributed by atoms with Crippen LogP contribution in [0.15, 0.2) is 0 Å². The summed E-state index contributed by atoms with van der Waals surface area (Å²) in [7, 11) is 0. The first kappa shape index (κ1) is 26.3. The first-order chi connectivity index (χ1) is 14.3. The zero-order valence-corrected chi connectivity index (χ0v) is 17.9. The predicted molar refractivity (Wildman–Crippen MR) is 98.1 cm³/mol. The van der Waals surface area contributed by atoms with E-state index in [1.54, 1.807) is 6.07 Å². The Bertz CT molecular complexity index is 928. The average Bonchev–Trinajstić information content (AvgIpc) is 3.02. The Hall–Kier alpha value is -1.97. The minimum Gasteiger partial charge on any atom is -0.311 e. The number of nitriles is 1. The molecule has 0 spiro atoms.